The zero-order valence-electron chi connectivity index (χ0n) is 8.82. The molecule has 0 aliphatic carbocycles. The largest absolute Gasteiger partial charge is 0.495 e. The summed E-state index contributed by atoms with van der Waals surface area (Å²) >= 11 is 0. The number of aliphatic hydroxyl groups is 1. The Morgan fingerprint density at radius 1 is 1.60 bits per heavy atom. The van der Waals surface area contributed by atoms with Crippen molar-refractivity contribution in [3.63, 3.8) is 0 Å². The van der Waals surface area contributed by atoms with Crippen molar-refractivity contribution in [3.05, 3.63) is 29.3 Å². The van der Waals surface area contributed by atoms with Crippen LogP contribution in [0.4, 0.5) is 0 Å². The van der Waals surface area contributed by atoms with Gasteiger partial charge in [-0.2, -0.15) is 5.26 Å². The molecule has 0 fully saturated rings. The summed E-state index contributed by atoms with van der Waals surface area (Å²) in [5.41, 5.74) is 1.15. The smallest absolute Gasteiger partial charge is 0.136 e. The number of methoxy groups -OCH3 is 1. The number of benzene rings is 1. The lowest BCUT2D eigenvalue weighted by Crippen LogP contribution is -2.16. The van der Waals surface area contributed by atoms with E-state index in [1.54, 1.807) is 25.2 Å². The number of hydrogen-bond donors (Lipinski definition) is 2. The lowest BCUT2D eigenvalue weighted by molar-refractivity contribution is 0.177. The highest BCUT2D eigenvalue weighted by molar-refractivity contribution is 5.45. The molecule has 0 saturated heterocycles. The summed E-state index contributed by atoms with van der Waals surface area (Å²) < 4.78 is 5.01. The van der Waals surface area contributed by atoms with Gasteiger partial charge in [0, 0.05) is 6.54 Å². The molecule has 2 N–H and O–H groups in total. The number of likely N-dealkylation sites (N-methyl/N-ethyl adjacent to an activating group) is 1. The van der Waals surface area contributed by atoms with E-state index in [0.29, 0.717) is 23.4 Å². The Kier molecular flexibility index (Phi) is 4.10. The molecule has 1 aromatic rings. The highest BCUT2D eigenvalue weighted by Gasteiger charge is 2.09. The highest BCUT2D eigenvalue weighted by atomic mass is 16.5. The first-order valence-electron chi connectivity index (χ1n) is 4.63. The maximum Gasteiger partial charge on any atom is 0.136 e. The Balaban J connectivity index is 2.98. The van der Waals surface area contributed by atoms with Gasteiger partial charge in [0.25, 0.3) is 0 Å². The quantitative estimate of drug-likeness (QED) is 0.765. The molecule has 0 amide bonds. The molecule has 1 aromatic carbocycles. The van der Waals surface area contributed by atoms with Crippen molar-refractivity contribution in [2.75, 3.05) is 20.7 Å². The first kappa shape index (κ1) is 11.5. The van der Waals surface area contributed by atoms with Gasteiger partial charge in [-0.05, 0) is 24.7 Å². The standard InChI is InChI=1S/C11H14N2O2/c1-13-7-10(14)8-3-4-11(15-2)9(5-8)6-12/h3-5,10,13-14H,7H2,1-2H3. The minimum atomic E-state index is -0.604. The first-order chi connectivity index (χ1) is 7.22. The first-order valence-corrected chi connectivity index (χ1v) is 4.63. The third-order valence-corrected chi connectivity index (χ3v) is 2.13. The van der Waals surface area contributed by atoms with E-state index < -0.39 is 6.10 Å². The van der Waals surface area contributed by atoms with Crippen molar-refractivity contribution >= 4 is 0 Å². The van der Waals surface area contributed by atoms with Gasteiger partial charge < -0.3 is 15.2 Å². The molecule has 15 heavy (non-hydrogen) atoms. The van der Waals surface area contributed by atoms with E-state index in [-0.39, 0.29) is 0 Å². The number of ether oxygens (including phenoxy) is 1. The van der Waals surface area contributed by atoms with Gasteiger partial charge in [0.1, 0.15) is 11.8 Å². The Morgan fingerprint density at radius 2 is 2.33 bits per heavy atom. The van der Waals surface area contributed by atoms with Crippen molar-refractivity contribution < 1.29 is 9.84 Å². The third kappa shape index (κ3) is 2.69. The third-order valence-electron chi connectivity index (χ3n) is 2.13. The monoisotopic (exact) mass is 206 g/mol. The van der Waals surface area contributed by atoms with E-state index >= 15 is 0 Å². The fraction of sp³-hybridized carbons (Fsp3) is 0.364. The number of aliphatic hydroxyl groups excluding tert-OH is 1. The fourth-order valence-electron chi connectivity index (χ4n) is 1.33. The number of nitriles is 1. The van der Waals surface area contributed by atoms with Gasteiger partial charge in [-0.1, -0.05) is 6.07 Å². The van der Waals surface area contributed by atoms with E-state index in [0.717, 1.165) is 0 Å². The zero-order valence-corrected chi connectivity index (χ0v) is 8.82. The highest BCUT2D eigenvalue weighted by Crippen LogP contribution is 2.22. The van der Waals surface area contributed by atoms with Crippen molar-refractivity contribution in [2.45, 2.75) is 6.10 Å². The summed E-state index contributed by atoms with van der Waals surface area (Å²) in [6.45, 7) is 0.456. The molecule has 4 nitrogen and oxygen atoms in total. The minimum absolute atomic E-state index is 0.435. The van der Waals surface area contributed by atoms with E-state index in [2.05, 4.69) is 5.32 Å². The van der Waals surface area contributed by atoms with Gasteiger partial charge in [-0.25, -0.2) is 0 Å². The number of hydrogen-bond acceptors (Lipinski definition) is 4. The van der Waals surface area contributed by atoms with Crippen LogP contribution in [0.2, 0.25) is 0 Å². The van der Waals surface area contributed by atoms with Crippen LogP contribution in [0, 0.1) is 11.3 Å². The minimum Gasteiger partial charge on any atom is -0.495 e. The van der Waals surface area contributed by atoms with Crippen LogP contribution in [0.3, 0.4) is 0 Å². The van der Waals surface area contributed by atoms with Crippen molar-refractivity contribution in [1.82, 2.24) is 5.32 Å². The second-order valence-electron chi connectivity index (χ2n) is 3.14. The predicted molar refractivity (Wildman–Crippen MR) is 56.6 cm³/mol. The van der Waals surface area contributed by atoms with Gasteiger partial charge in [-0.3, -0.25) is 0 Å². The SMILES string of the molecule is CNCC(O)c1ccc(OC)c(C#N)c1. The molecule has 0 saturated carbocycles. The molecule has 0 aliphatic rings. The Bertz CT molecular complexity index is 371. The summed E-state index contributed by atoms with van der Waals surface area (Å²) in [4.78, 5) is 0. The van der Waals surface area contributed by atoms with E-state index in [1.165, 1.54) is 7.11 Å². The van der Waals surface area contributed by atoms with E-state index in [1.807, 2.05) is 6.07 Å². The van der Waals surface area contributed by atoms with Crippen LogP contribution in [0.15, 0.2) is 18.2 Å². The molecule has 80 valence electrons. The van der Waals surface area contributed by atoms with Crippen LogP contribution in [0.5, 0.6) is 5.75 Å². The number of nitrogens with zero attached hydrogens (tertiary/aromatic N) is 1. The Labute approximate surface area is 89.1 Å². The lowest BCUT2D eigenvalue weighted by atomic mass is 10.1. The topological polar surface area (TPSA) is 65.3 Å². The summed E-state index contributed by atoms with van der Waals surface area (Å²) in [6.07, 6.45) is -0.604. The van der Waals surface area contributed by atoms with Gasteiger partial charge in [-0.15, -0.1) is 0 Å². The number of rotatable bonds is 4. The fourth-order valence-corrected chi connectivity index (χ4v) is 1.33. The van der Waals surface area contributed by atoms with Crippen LogP contribution in [0.25, 0.3) is 0 Å². The lowest BCUT2D eigenvalue weighted by Gasteiger charge is -2.11. The molecule has 1 rings (SSSR count). The second kappa shape index (κ2) is 5.35. The molecule has 0 heterocycles. The molecule has 0 aliphatic heterocycles. The molecule has 0 aromatic heterocycles. The molecule has 1 unspecified atom stereocenters. The molecular weight excluding hydrogens is 192 g/mol. The van der Waals surface area contributed by atoms with Crippen LogP contribution in [-0.4, -0.2) is 25.8 Å². The molecule has 4 heteroatoms. The molecule has 1 atom stereocenters. The van der Waals surface area contributed by atoms with Crippen LogP contribution in [0.1, 0.15) is 17.2 Å². The Morgan fingerprint density at radius 3 is 2.87 bits per heavy atom. The Hall–Kier alpha value is -1.57. The average Bonchev–Trinajstić information content (AvgIpc) is 2.28. The normalized spacial score (nSPS) is 11.9. The van der Waals surface area contributed by atoms with Crippen molar-refractivity contribution in [2.24, 2.45) is 0 Å². The molecular formula is C11H14N2O2. The van der Waals surface area contributed by atoms with Crippen LogP contribution in [-0.2, 0) is 0 Å². The second-order valence-corrected chi connectivity index (χ2v) is 3.14. The van der Waals surface area contributed by atoms with Gasteiger partial charge >= 0.3 is 0 Å². The van der Waals surface area contributed by atoms with Gasteiger partial charge in [0.2, 0.25) is 0 Å². The number of nitrogens with one attached hydrogen (secondary N) is 1. The summed E-state index contributed by atoms with van der Waals surface area (Å²) in [5.74, 6) is 0.526. The van der Waals surface area contributed by atoms with Gasteiger partial charge in [0.15, 0.2) is 0 Å². The maximum absolute atomic E-state index is 9.69. The molecule has 0 spiro atoms. The predicted octanol–water partition coefficient (Wildman–Crippen LogP) is 0.820. The summed E-state index contributed by atoms with van der Waals surface area (Å²) in [5, 5.41) is 21.4. The van der Waals surface area contributed by atoms with Crippen LogP contribution >= 0.6 is 0 Å². The van der Waals surface area contributed by atoms with Crippen LogP contribution < -0.4 is 10.1 Å². The zero-order chi connectivity index (χ0) is 11.3. The molecule has 0 bridgehead atoms. The average molecular weight is 206 g/mol. The van der Waals surface area contributed by atoms with Crippen molar-refractivity contribution in [1.29, 1.82) is 5.26 Å². The van der Waals surface area contributed by atoms with Crippen molar-refractivity contribution in [3.8, 4) is 11.8 Å². The maximum atomic E-state index is 9.69. The molecule has 0 radical (unpaired) electrons. The van der Waals surface area contributed by atoms with E-state index in [4.69, 9.17) is 10.00 Å². The summed E-state index contributed by atoms with van der Waals surface area (Å²) in [7, 11) is 3.28. The summed E-state index contributed by atoms with van der Waals surface area (Å²) in [6, 6.07) is 7.11. The van der Waals surface area contributed by atoms with Gasteiger partial charge in [0.05, 0.1) is 18.8 Å². The van der Waals surface area contributed by atoms with E-state index in [9.17, 15) is 5.11 Å².